The fourth-order valence-corrected chi connectivity index (χ4v) is 2.95. The second-order valence-corrected chi connectivity index (χ2v) is 6.39. The molecule has 1 atom stereocenters. The first kappa shape index (κ1) is 18.4. The zero-order valence-corrected chi connectivity index (χ0v) is 13.8. The maximum absolute atomic E-state index is 10.1. The zero-order chi connectivity index (χ0) is 15.3. The van der Waals surface area contributed by atoms with E-state index in [4.69, 9.17) is 5.11 Å². The van der Waals surface area contributed by atoms with Crippen LogP contribution in [-0.2, 0) is 0 Å². The maximum Gasteiger partial charge on any atom is 0.0756 e. The van der Waals surface area contributed by atoms with Gasteiger partial charge in [0, 0.05) is 0 Å². The van der Waals surface area contributed by atoms with Crippen LogP contribution in [0.2, 0.25) is 0 Å². The van der Waals surface area contributed by atoms with Crippen LogP contribution < -0.4 is 0 Å². The minimum atomic E-state index is -0.306. The molecule has 2 heteroatoms. The summed E-state index contributed by atoms with van der Waals surface area (Å²) in [6.07, 6.45) is 18.5. The van der Waals surface area contributed by atoms with Gasteiger partial charge in [0.1, 0.15) is 0 Å². The number of unbranched alkanes of at least 4 members (excludes halogenated alkanes) is 9. The number of aliphatic hydroxyl groups excluding tert-OH is 2. The Morgan fingerprint density at radius 2 is 1.48 bits per heavy atom. The van der Waals surface area contributed by atoms with E-state index in [-0.39, 0.29) is 12.7 Å². The second-order valence-electron chi connectivity index (χ2n) is 6.39. The Morgan fingerprint density at radius 3 is 2.00 bits per heavy atom. The second kappa shape index (κ2) is 12.0. The summed E-state index contributed by atoms with van der Waals surface area (Å²) >= 11 is 0. The van der Waals surface area contributed by atoms with Crippen molar-refractivity contribution in [1.29, 1.82) is 0 Å². The molecular weight excluding hydrogens is 260 g/mol. The van der Waals surface area contributed by atoms with Crippen LogP contribution in [-0.4, -0.2) is 22.9 Å². The van der Waals surface area contributed by atoms with Crippen molar-refractivity contribution in [3.05, 3.63) is 23.3 Å². The van der Waals surface area contributed by atoms with Gasteiger partial charge in [-0.05, 0) is 24.0 Å². The highest BCUT2D eigenvalue weighted by molar-refractivity contribution is 5.32. The van der Waals surface area contributed by atoms with E-state index in [0.29, 0.717) is 0 Å². The fourth-order valence-electron chi connectivity index (χ4n) is 2.95. The molecular formula is C19H34O2. The highest BCUT2D eigenvalue weighted by atomic mass is 16.3. The molecule has 2 N–H and O–H groups in total. The maximum atomic E-state index is 10.1. The lowest BCUT2D eigenvalue weighted by atomic mass is 10.00. The summed E-state index contributed by atoms with van der Waals surface area (Å²) in [5, 5.41) is 19.1. The summed E-state index contributed by atoms with van der Waals surface area (Å²) in [4.78, 5) is 0. The first-order valence-electron chi connectivity index (χ1n) is 8.95. The van der Waals surface area contributed by atoms with Crippen LogP contribution in [0.25, 0.3) is 0 Å². The van der Waals surface area contributed by atoms with Crippen molar-refractivity contribution < 1.29 is 10.2 Å². The third-order valence-corrected chi connectivity index (χ3v) is 4.43. The van der Waals surface area contributed by atoms with E-state index in [0.717, 1.165) is 30.4 Å². The van der Waals surface area contributed by atoms with Gasteiger partial charge in [-0.2, -0.15) is 0 Å². The molecule has 0 aromatic heterocycles. The van der Waals surface area contributed by atoms with E-state index in [2.05, 4.69) is 6.92 Å². The third kappa shape index (κ3) is 8.43. The number of aliphatic hydroxyl groups is 2. The first-order chi connectivity index (χ1) is 10.3. The molecule has 1 aliphatic rings. The van der Waals surface area contributed by atoms with E-state index in [1.54, 1.807) is 0 Å². The van der Waals surface area contributed by atoms with Crippen LogP contribution in [0.15, 0.2) is 23.3 Å². The molecule has 0 aromatic rings. The first-order valence-corrected chi connectivity index (χ1v) is 8.95. The van der Waals surface area contributed by atoms with Crippen molar-refractivity contribution in [3.63, 3.8) is 0 Å². The van der Waals surface area contributed by atoms with Gasteiger partial charge in [-0.15, -0.1) is 0 Å². The molecule has 0 aromatic carbocycles. The quantitative estimate of drug-likeness (QED) is 0.474. The van der Waals surface area contributed by atoms with Crippen LogP contribution in [0.3, 0.4) is 0 Å². The van der Waals surface area contributed by atoms with Crippen LogP contribution in [0.4, 0.5) is 0 Å². The van der Waals surface area contributed by atoms with Gasteiger partial charge in [0.2, 0.25) is 0 Å². The summed E-state index contributed by atoms with van der Waals surface area (Å²) in [6.45, 7) is 2.38. The Labute approximate surface area is 131 Å². The van der Waals surface area contributed by atoms with Crippen molar-refractivity contribution >= 4 is 0 Å². The van der Waals surface area contributed by atoms with Crippen LogP contribution in [0.1, 0.15) is 84.0 Å². The Hall–Kier alpha value is -0.600. The average Bonchev–Trinajstić information content (AvgIpc) is 2.98. The van der Waals surface area contributed by atoms with E-state index < -0.39 is 0 Å². The van der Waals surface area contributed by atoms with Gasteiger partial charge >= 0.3 is 0 Å². The zero-order valence-electron chi connectivity index (χ0n) is 13.8. The largest absolute Gasteiger partial charge is 0.392 e. The molecule has 122 valence electrons. The molecule has 1 unspecified atom stereocenters. The molecule has 0 radical (unpaired) electrons. The average molecular weight is 294 g/mol. The standard InChI is InChI=1S/C19H34O2/c1-2-3-4-5-6-7-8-9-10-11-12-19(21)18-14-13-17(15-18)16-20/h13-14,19-21H,2-12,15-16H2,1H3. The predicted octanol–water partition coefficient (Wildman–Crippen LogP) is 4.91. The summed E-state index contributed by atoms with van der Waals surface area (Å²) in [7, 11) is 0. The number of rotatable bonds is 13. The molecule has 0 saturated carbocycles. The van der Waals surface area contributed by atoms with E-state index >= 15 is 0 Å². The summed E-state index contributed by atoms with van der Waals surface area (Å²) in [6, 6.07) is 0. The van der Waals surface area contributed by atoms with Crippen molar-refractivity contribution in [2.24, 2.45) is 0 Å². The van der Waals surface area contributed by atoms with Crippen LogP contribution in [0, 0.1) is 0 Å². The Bertz CT molecular complexity index is 318. The molecule has 0 bridgehead atoms. The SMILES string of the molecule is CCCCCCCCCCCCC(O)C1=CC=C(CO)C1. The number of hydrogen-bond acceptors (Lipinski definition) is 2. The van der Waals surface area contributed by atoms with Gasteiger partial charge in [0.15, 0.2) is 0 Å². The Balaban J connectivity index is 1.88. The van der Waals surface area contributed by atoms with E-state index in [1.807, 2.05) is 12.2 Å². The molecule has 1 aliphatic carbocycles. The van der Waals surface area contributed by atoms with Gasteiger partial charge in [0.25, 0.3) is 0 Å². The van der Waals surface area contributed by atoms with Gasteiger partial charge in [-0.1, -0.05) is 83.3 Å². The monoisotopic (exact) mass is 294 g/mol. The van der Waals surface area contributed by atoms with Crippen molar-refractivity contribution in [2.75, 3.05) is 6.61 Å². The third-order valence-electron chi connectivity index (χ3n) is 4.43. The molecule has 0 spiro atoms. The molecule has 0 heterocycles. The lowest BCUT2D eigenvalue weighted by Crippen LogP contribution is -2.09. The van der Waals surface area contributed by atoms with E-state index in [9.17, 15) is 5.11 Å². The molecule has 2 nitrogen and oxygen atoms in total. The van der Waals surface area contributed by atoms with Gasteiger partial charge in [0.05, 0.1) is 12.7 Å². The van der Waals surface area contributed by atoms with Crippen LogP contribution in [0.5, 0.6) is 0 Å². The predicted molar refractivity (Wildman–Crippen MR) is 90.3 cm³/mol. The summed E-state index contributed by atoms with van der Waals surface area (Å²) < 4.78 is 0. The molecule has 0 amide bonds. The van der Waals surface area contributed by atoms with Gasteiger partial charge in [-0.25, -0.2) is 0 Å². The number of hydrogen-bond donors (Lipinski definition) is 2. The highest BCUT2D eigenvalue weighted by Crippen LogP contribution is 2.24. The minimum absolute atomic E-state index is 0.116. The molecule has 0 aliphatic heterocycles. The highest BCUT2D eigenvalue weighted by Gasteiger charge is 2.15. The van der Waals surface area contributed by atoms with Crippen molar-refractivity contribution in [3.8, 4) is 0 Å². The lowest BCUT2D eigenvalue weighted by Gasteiger charge is -2.12. The summed E-state index contributed by atoms with van der Waals surface area (Å²) in [5.41, 5.74) is 2.10. The van der Waals surface area contributed by atoms with E-state index in [1.165, 1.54) is 57.8 Å². The smallest absolute Gasteiger partial charge is 0.0756 e. The van der Waals surface area contributed by atoms with Crippen molar-refractivity contribution in [1.82, 2.24) is 0 Å². The summed E-state index contributed by atoms with van der Waals surface area (Å²) in [5.74, 6) is 0. The molecule has 1 rings (SSSR count). The topological polar surface area (TPSA) is 40.5 Å². The van der Waals surface area contributed by atoms with Crippen LogP contribution >= 0.6 is 0 Å². The number of allylic oxidation sites excluding steroid dienone is 2. The Kier molecular flexibility index (Phi) is 10.5. The molecule has 0 saturated heterocycles. The molecule has 21 heavy (non-hydrogen) atoms. The lowest BCUT2D eigenvalue weighted by molar-refractivity contribution is 0.193. The van der Waals surface area contributed by atoms with Crippen molar-refractivity contribution in [2.45, 2.75) is 90.1 Å². The van der Waals surface area contributed by atoms with Gasteiger partial charge in [-0.3, -0.25) is 0 Å². The fraction of sp³-hybridized carbons (Fsp3) is 0.789. The normalized spacial score (nSPS) is 16.0. The Morgan fingerprint density at radius 1 is 0.905 bits per heavy atom. The molecule has 0 fully saturated rings. The minimum Gasteiger partial charge on any atom is -0.392 e. The van der Waals surface area contributed by atoms with Gasteiger partial charge < -0.3 is 10.2 Å².